The van der Waals surface area contributed by atoms with Crippen molar-refractivity contribution in [3.63, 3.8) is 0 Å². The molecule has 0 fully saturated rings. The van der Waals surface area contributed by atoms with E-state index >= 15 is 0 Å². The van der Waals surface area contributed by atoms with E-state index in [4.69, 9.17) is 9.47 Å². The van der Waals surface area contributed by atoms with Crippen LogP contribution >= 0.6 is 0 Å². The van der Waals surface area contributed by atoms with E-state index in [1.54, 1.807) is 6.07 Å². The summed E-state index contributed by atoms with van der Waals surface area (Å²) in [6.45, 7) is 3.64. The molecule has 1 amide bonds. The monoisotopic (exact) mass is 392 g/mol. The molecule has 0 saturated carbocycles. The predicted octanol–water partition coefficient (Wildman–Crippen LogP) is 2.34. The number of aryl methyl sites for hydroxylation is 1. The molecular formula is C19H24N2O5S. The molecule has 0 heterocycles. The summed E-state index contributed by atoms with van der Waals surface area (Å²) in [5, 5.41) is 0. The van der Waals surface area contributed by atoms with Crippen molar-refractivity contribution in [2.24, 2.45) is 0 Å². The predicted molar refractivity (Wildman–Crippen MR) is 104 cm³/mol. The van der Waals surface area contributed by atoms with Crippen LogP contribution in [0.2, 0.25) is 0 Å². The van der Waals surface area contributed by atoms with Crippen LogP contribution in [0.1, 0.15) is 12.5 Å². The van der Waals surface area contributed by atoms with Crippen molar-refractivity contribution in [2.45, 2.75) is 18.7 Å². The van der Waals surface area contributed by atoms with Crippen molar-refractivity contribution in [3.8, 4) is 11.5 Å². The van der Waals surface area contributed by atoms with Crippen LogP contribution in [0.4, 0.5) is 5.69 Å². The molecule has 2 rings (SSSR count). The van der Waals surface area contributed by atoms with Gasteiger partial charge in [0.25, 0.3) is 0 Å². The molecule has 2 aromatic rings. The molecule has 0 aliphatic rings. The van der Waals surface area contributed by atoms with Crippen LogP contribution < -0.4 is 19.1 Å². The van der Waals surface area contributed by atoms with E-state index in [2.05, 4.69) is 4.72 Å². The van der Waals surface area contributed by atoms with Crippen molar-refractivity contribution >= 4 is 21.6 Å². The Kier molecular flexibility index (Phi) is 6.81. The number of anilines is 1. The smallest absolute Gasteiger partial charge is 0.244 e. The molecule has 0 aromatic heterocycles. The zero-order valence-corrected chi connectivity index (χ0v) is 16.7. The molecule has 0 aliphatic carbocycles. The zero-order chi connectivity index (χ0) is 20.0. The summed E-state index contributed by atoms with van der Waals surface area (Å²) in [5.41, 5.74) is 1.74. The lowest BCUT2D eigenvalue weighted by molar-refractivity contribution is -0.116. The summed E-state index contributed by atoms with van der Waals surface area (Å²) in [5.74, 6) is 0.513. The molecule has 8 heteroatoms. The Hall–Kier alpha value is -2.58. The average molecular weight is 392 g/mol. The highest BCUT2D eigenvalue weighted by Crippen LogP contribution is 2.28. The highest BCUT2D eigenvalue weighted by molar-refractivity contribution is 7.89. The van der Waals surface area contributed by atoms with Gasteiger partial charge >= 0.3 is 0 Å². The number of hydrogen-bond acceptors (Lipinski definition) is 5. The fourth-order valence-electron chi connectivity index (χ4n) is 2.63. The van der Waals surface area contributed by atoms with Crippen molar-refractivity contribution < 1.29 is 22.7 Å². The van der Waals surface area contributed by atoms with E-state index < -0.39 is 10.0 Å². The normalized spacial score (nSPS) is 11.1. The number of benzene rings is 2. The van der Waals surface area contributed by atoms with Crippen molar-refractivity contribution in [1.29, 1.82) is 0 Å². The summed E-state index contributed by atoms with van der Waals surface area (Å²) in [6.07, 6.45) is 0. The largest absolute Gasteiger partial charge is 0.497 e. The minimum atomic E-state index is -3.81. The number of amides is 1. The number of rotatable bonds is 8. The summed E-state index contributed by atoms with van der Waals surface area (Å²) in [6, 6.07) is 11.9. The molecule has 27 heavy (non-hydrogen) atoms. The molecule has 0 unspecified atom stereocenters. The van der Waals surface area contributed by atoms with Gasteiger partial charge in [0.15, 0.2) is 0 Å². The van der Waals surface area contributed by atoms with Crippen LogP contribution in [0.3, 0.4) is 0 Å². The number of nitrogens with zero attached hydrogens (tertiary/aromatic N) is 1. The highest BCUT2D eigenvalue weighted by atomic mass is 32.2. The topological polar surface area (TPSA) is 84.9 Å². The highest BCUT2D eigenvalue weighted by Gasteiger charge is 2.21. The third kappa shape index (κ3) is 5.21. The molecular weight excluding hydrogens is 368 g/mol. The van der Waals surface area contributed by atoms with Gasteiger partial charge in [0, 0.05) is 31.8 Å². The Labute approximate surface area is 160 Å². The molecule has 0 saturated heterocycles. The van der Waals surface area contributed by atoms with Gasteiger partial charge in [-0.15, -0.1) is 0 Å². The van der Waals surface area contributed by atoms with E-state index in [9.17, 15) is 13.2 Å². The lowest BCUT2D eigenvalue weighted by atomic mass is 10.2. The molecule has 0 spiro atoms. The van der Waals surface area contributed by atoms with Crippen LogP contribution in [-0.4, -0.2) is 41.6 Å². The van der Waals surface area contributed by atoms with E-state index in [1.807, 2.05) is 31.2 Å². The number of hydrogen-bond donors (Lipinski definition) is 1. The number of carbonyl (C=O) groups excluding carboxylic acids is 1. The van der Waals surface area contributed by atoms with Crippen LogP contribution in [0.15, 0.2) is 47.4 Å². The lowest BCUT2D eigenvalue weighted by Crippen LogP contribution is -2.37. The van der Waals surface area contributed by atoms with Gasteiger partial charge in [0.1, 0.15) is 16.4 Å². The maximum absolute atomic E-state index is 12.6. The van der Waals surface area contributed by atoms with Gasteiger partial charge in [-0.25, -0.2) is 13.1 Å². The first-order valence-corrected chi connectivity index (χ1v) is 9.83. The molecule has 0 aliphatic heterocycles. The van der Waals surface area contributed by atoms with Gasteiger partial charge in [-0.2, -0.15) is 0 Å². The Morgan fingerprint density at radius 3 is 2.44 bits per heavy atom. The first-order chi connectivity index (χ1) is 12.8. The Bertz CT molecular complexity index is 912. The second kappa shape index (κ2) is 8.88. The van der Waals surface area contributed by atoms with Gasteiger partial charge in [0.05, 0.1) is 14.2 Å². The van der Waals surface area contributed by atoms with Crippen molar-refractivity contribution in [3.05, 3.63) is 48.0 Å². The number of methoxy groups -OCH3 is 2. The number of nitrogens with one attached hydrogen (secondary N) is 1. The summed E-state index contributed by atoms with van der Waals surface area (Å²) >= 11 is 0. The fraction of sp³-hybridized carbons (Fsp3) is 0.316. The van der Waals surface area contributed by atoms with Gasteiger partial charge in [0.2, 0.25) is 15.9 Å². The standard InChI is InChI=1S/C19H24N2O5S/c1-14-6-5-7-16(12-14)21(15(2)22)11-10-20-27(23,24)19-9-8-17(25-3)13-18(19)26-4/h5-9,12-13,20H,10-11H2,1-4H3. The fourth-order valence-corrected chi connectivity index (χ4v) is 3.80. The van der Waals surface area contributed by atoms with Crippen LogP contribution in [0.25, 0.3) is 0 Å². The van der Waals surface area contributed by atoms with E-state index in [-0.39, 0.29) is 29.6 Å². The molecule has 0 radical (unpaired) electrons. The quantitative estimate of drug-likeness (QED) is 0.745. The first-order valence-electron chi connectivity index (χ1n) is 8.35. The van der Waals surface area contributed by atoms with Crippen LogP contribution in [-0.2, 0) is 14.8 Å². The second-order valence-electron chi connectivity index (χ2n) is 5.92. The Morgan fingerprint density at radius 2 is 1.85 bits per heavy atom. The van der Waals surface area contributed by atoms with Gasteiger partial charge in [-0.3, -0.25) is 4.79 Å². The molecule has 7 nitrogen and oxygen atoms in total. The molecule has 0 atom stereocenters. The van der Waals surface area contributed by atoms with E-state index in [0.29, 0.717) is 5.75 Å². The Morgan fingerprint density at radius 1 is 1.11 bits per heavy atom. The summed E-state index contributed by atoms with van der Waals surface area (Å²) in [7, 11) is -0.927. The van der Waals surface area contributed by atoms with Crippen LogP contribution in [0, 0.1) is 6.92 Å². The third-order valence-corrected chi connectivity index (χ3v) is 5.48. The minimum absolute atomic E-state index is 0.00994. The Balaban J connectivity index is 2.13. The van der Waals surface area contributed by atoms with Gasteiger partial charge in [-0.1, -0.05) is 12.1 Å². The molecule has 0 bridgehead atoms. The summed E-state index contributed by atoms with van der Waals surface area (Å²) in [4.78, 5) is 13.5. The van der Waals surface area contributed by atoms with E-state index in [0.717, 1.165) is 11.3 Å². The number of ether oxygens (including phenoxy) is 2. The van der Waals surface area contributed by atoms with Crippen molar-refractivity contribution in [1.82, 2.24) is 4.72 Å². The molecule has 1 N–H and O–H groups in total. The lowest BCUT2D eigenvalue weighted by Gasteiger charge is -2.22. The summed E-state index contributed by atoms with van der Waals surface area (Å²) < 4.78 is 38.0. The second-order valence-corrected chi connectivity index (χ2v) is 7.66. The third-order valence-electron chi connectivity index (χ3n) is 3.98. The molecule has 146 valence electrons. The first kappa shape index (κ1) is 20.7. The SMILES string of the molecule is COc1ccc(S(=O)(=O)NCCN(C(C)=O)c2cccc(C)c2)c(OC)c1. The number of carbonyl (C=O) groups is 1. The maximum atomic E-state index is 12.6. The average Bonchev–Trinajstić information content (AvgIpc) is 2.64. The number of sulfonamides is 1. The minimum Gasteiger partial charge on any atom is -0.497 e. The van der Waals surface area contributed by atoms with E-state index in [1.165, 1.54) is 38.2 Å². The van der Waals surface area contributed by atoms with Gasteiger partial charge in [-0.05, 0) is 36.8 Å². The maximum Gasteiger partial charge on any atom is 0.244 e. The zero-order valence-electron chi connectivity index (χ0n) is 15.9. The van der Waals surface area contributed by atoms with Crippen LogP contribution in [0.5, 0.6) is 11.5 Å². The van der Waals surface area contributed by atoms with Gasteiger partial charge < -0.3 is 14.4 Å². The van der Waals surface area contributed by atoms with Crippen molar-refractivity contribution in [2.75, 3.05) is 32.2 Å². The molecule has 2 aromatic carbocycles.